The SMILES string of the molecule is COc1cccc(C(=O)N2CCN(c3ccc(N4CCCCCC4)nn3)CC2)c1OC. The molecule has 0 saturated carbocycles. The van der Waals surface area contributed by atoms with Crippen LogP contribution in [0.15, 0.2) is 30.3 Å². The zero-order valence-corrected chi connectivity index (χ0v) is 18.4. The van der Waals surface area contributed by atoms with E-state index in [2.05, 4.69) is 32.1 Å². The van der Waals surface area contributed by atoms with Gasteiger partial charge in [0.15, 0.2) is 23.1 Å². The van der Waals surface area contributed by atoms with Crippen molar-refractivity contribution in [2.45, 2.75) is 25.7 Å². The summed E-state index contributed by atoms with van der Waals surface area (Å²) in [5, 5.41) is 8.97. The van der Waals surface area contributed by atoms with Crippen molar-refractivity contribution in [2.75, 3.05) is 63.3 Å². The topological polar surface area (TPSA) is 71.0 Å². The molecule has 8 nitrogen and oxygen atoms in total. The lowest BCUT2D eigenvalue weighted by Crippen LogP contribution is -2.49. The monoisotopic (exact) mass is 425 g/mol. The van der Waals surface area contributed by atoms with E-state index in [4.69, 9.17) is 9.47 Å². The molecule has 0 aliphatic carbocycles. The standard InChI is InChI=1S/C23H31N5O3/c1-30-19-9-7-8-18(22(19)31-2)23(29)28-16-14-27(15-17-28)21-11-10-20(24-25-21)26-12-5-3-4-6-13-26/h7-11H,3-6,12-17H2,1-2H3. The zero-order chi connectivity index (χ0) is 21.6. The molecule has 8 heteroatoms. The zero-order valence-electron chi connectivity index (χ0n) is 18.4. The summed E-state index contributed by atoms with van der Waals surface area (Å²) < 4.78 is 10.8. The molecule has 2 fully saturated rings. The molecule has 4 rings (SSSR count). The Balaban J connectivity index is 1.38. The highest BCUT2D eigenvalue weighted by molar-refractivity contribution is 5.98. The highest BCUT2D eigenvalue weighted by Gasteiger charge is 2.26. The molecule has 0 N–H and O–H groups in total. The molecule has 166 valence electrons. The fraction of sp³-hybridized carbons (Fsp3) is 0.522. The summed E-state index contributed by atoms with van der Waals surface area (Å²) in [6.45, 7) is 4.79. The van der Waals surface area contributed by atoms with Crippen LogP contribution in [0.5, 0.6) is 11.5 Å². The van der Waals surface area contributed by atoms with Gasteiger partial charge < -0.3 is 24.2 Å². The lowest BCUT2D eigenvalue weighted by Gasteiger charge is -2.35. The van der Waals surface area contributed by atoms with Gasteiger partial charge in [-0.05, 0) is 37.1 Å². The van der Waals surface area contributed by atoms with E-state index >= 15 is 0 Å². The van der Waals surface area contributed by atoms with Crippen LogP contribution in [0.3, 0.4) is 0 Å². The maximum absolute atomic E-state index is 13.1. The third-order valence-electron chi connectivity index (χ3n) is 6.09. The molecule has 2 aliphatic rings. The first-order valence-electron chi connectivity index (χ1n) is 11.0. The molecule has 3 heterocycles. The van der Waals surface area contributed by atoms with Crippen molar-refractivity contribution < 1.29 is 14.3 Å². The van der Waals surface area contributed by atoms with Crippen LogP contribution in [0.2, 0.25) is 0 Å². The number of ether oxygens (including phenoxy) is 2. The van der Waals surface area contributed by atoms with Gasteiger partial charge in [0.05, 0.1) is 19.8 Å². The Morgan fingerprint density at radius 3 is 1.94 bits per heavy atom. The molecule has 0 bridgehead atoms. The fourth-order valence-electron chi connectivity index (χ4n) is 4.32. The molecule has 2 aliphatic heterocycles. The summed E-state index contributed by atoms with van der Waals surface area (Å²) in [5.74, 6) is 2.83. The number of rotatable bonds is 5. The second-order valence-corrected chi connectivity index (χ2v) is 7.97. The number of carbonyl (C=O) groups excluding carboxylic acids is 1. The van der Waals surface area contributed by atoms with Crippen LogP contribution in [-0.2, 0) is 0 Å². The van der Waals surface area contributed by atoms with Crippen molar-refractivity contribution in [1.29, 1.82) is 0 Å². The molecule has 0 atom stereocenters. The summed E-state index contributed by atoms with van der Waals surface area (Å²) in [4.78, 5) is 19.5. The number of nitrogens with zero attached hydrogens (tertiary/aromatic N) is 5. The predicted molar refractivity (Wildman–Crippen MR) is 120 cm³/mol. The number of amides is 1. The third kappa shape index (κ3) is 4.68. The summed E-state index contributed by atoms with van der Waals surface area (Å²) in [7, 11) is 3.13. The Kier molecular flexibility index (Phi) is 6.74. The summed E-state index contributed by atoms with van der Waals surface area (Å²) in [6, 6.07) is 9.51. The Hall–Kier alpha value is -3.03. The number of methoxy groups -OCH3 is 2. The number of para-hydroxylation sites is 1. The van der Waals surface area contributed by atoms with Gasteiger partial charge in [-0.2, -0.15) is 0 Å². The molecule has 31 heavy (non-hydrogen) atoms. The largest absolute Gasteiger partial charge is 0.493 e. The third-order valence-corrected chi connectivity index (χ3v) is 6.09. The van der Waals surface area contributed by atoms with Crippen LogP contribution in [-0.4, -0.2) is 74.5 Å². The first-order valence-corrected chi connectivity index (χ1v) is 11.0. The highest BCUT2D eigenvalue weighted by atomic mass is 16.5. The summed E-state index contributed by atoms with van der Waals surface area (Å²) in [5.41, 5.74) is 0.525. The number of piperazine rings is 1. The van der Waals surface area contributed by atoms with Crippen LogP contribution < -0.4 is 19.3 Å². The van der Waals surface area contributed by atoms with E-state index in [0.29, 0.717) is 30.2 Å². The minimum Gasteiger partial charge on any atom is -0.493 e. The van der Waals surface area contributed by atoms with Gasteiger partial charge in [0.25, 0.3) is 5.91 Å². The van der Waals surface area contributed by atoms with Crippen molar-refractivity contribution in [3.05, 3.63) is 35.9 Å². The van der Waals surface area contributed by atoms with Crippen LogP contribution in [0.4, 0.5) is 11.6 Å². The second kappa shape index (κ2) is 9.85. The van der Waals surface area contributed by atoms with Crippen LogP contribution in [0.25, 0.3) is 0 Å². The van der Waals surface area contributed by atoms with Crippen molar-refractivity contribution in [2.24, 2.45) is 0 Å². The number of hydrogen-bond acceptors (Lipinski definition) is 7. The molecule has 0 radical (unpaired) electrons. The Labute approximate surface area is 183 Å². The number of aromatic nitrogens is 2. The average molecular weight is 426 g/mol. The first kappa shape index (κ1) is 21.2. The lowest BCUT2D eigenvalue weighted by atomic mass is 10.1. The van der Waals surface area contributed by atoms with Gasteiger partial charge in [-0.25, -0.2) is 0 Å². The highest BCUT2D eigenvalue weighted by Crippen LogP contribution is 2.31. The smallest absolute Gasteiger partial charge is 0.257 e. The number of hydrogen-bond donors (Lipinski definition) is 0. The van der Waals surface area contributed by atoms with Gasteiger partial charge in [0, 0.05) is 39.3 Å². The maximum Gasteiger partial charge on any atom is 0.257 e. The molecule has 0 unspecified atom stereocenters. The van der Waals surface area contributed by atoms with Gasteiger partial charge >= 0.3 is 0 Å². The van der Waals surface area contributed by atoms with E-state index in [9.17, 15) is 4.79 Å². The van der Waals surface area contributed by atoms with Gasteiger partial charge in [-0.1, -0.05) is 18.9 Å². The van der Waals surface area contributed by atoms with Gasteiger partial charge in [0.1, 0.15) is 0 Å². The quantitative estimate of drug-likeness (QED) is 0.729. The van der Waals surface area contributed by atoms with Crippen molar-refractivity contribution in [3.63, 3.8) is 0 Å². The van der Waals surface area contributed by atoms with Crippen molar-refractivity contribution in [1.82, 2.24) is 15.1 Å². The van der Waals surface area contributed by atoms with Crippen molar-refractivity contribution >= 4 is 17.5 Å². The van der Waals surface area contributed by atoms with Crippen LogP contribution >= 0.6 is 0 Å². The first-order chi connectivity index (χ1) is 15.2. The van der Waals surface area contributed by atoms with Gasteiger partial charge in [-0.3, -0.25) is 4.79 Å². The molecule has 2 saturated heterocycles. The minimum absolute atomic E-state index is 0.0435. The van der Waals surface area contributed by atoms with E-state index < -0.39 is 0 Å². The van der Waals surface area contributed by atoms with Crippen molar-refractivity contribution in [3.8, 4) is 11.5 Å². The predicted octanol–water partition coefficient (Wildman–Crippen LogP) is 2.84. The molecule has 1 aromatic carbocycles. The average Bonchev–Trinajstić information content (AvgIpc) is 3.13. The summed E-state index contributed by atoms with van der Waals surface area (Å²) in [6.07, 6.45) is 5.04. The van der Waals surface area contributed by atoms with E-state index in [0.717, 1.165) is 37.8 Å². The van der Waals surface area contributed by atoms with E-state index in [1.165, 1.54) is 25.7 Å². The van der Waals surface area contributed by atoms with Crippen LogP contribution in [0.1, 0.15) is 36.0 Å². The molecular weight excluding hydrogens is 394 g/mol. The lowest BCUT2D eigenvalue weighted by molar-refractivity contribution is 0.0742. The number of benzene rings is 1. The van der Waals surface area contributed by atoms with Gasteiger partial charge in [0.2, 0.25) is 0 Å². The van der Waals surface area contributed by atoms with Gasteiger partial charge in [-0.15, -0.1) is 10.2 Å². The minimum atomic E-state index is -0.0435. The van der Waals surface area contributed by atoms with E-state index in [1.807, 2.05) is 11.0 Å². The van der Waals surface area contributed by atoms with E-state index in [1.54, 1.807) is 26.4 Å². The second-order valence-electron chi connectivity index (χ2n) is 7.97. The maximum atomic E-state index is 13.1. The van der Waals surface area contributed by atoms with E-state index in [-0.39, 0.29) is 5.91 Å². The Bertz CT molecular complexity index is 873. The molecule has 1 amide bonds. The summed E-state index contributed by atoms with van der Waals surface area (Å²) >= 11 is 0. The molecule has 1 aromatic heterocycles. The van der Waals surface area contributed by atoms with Crippen LogP contribution in [0, 0.1) is 0 Å². The Morgan fingerprint density at radius 2 is 1.39 bits per heavy atom. The Morgan fingerprint density at radius 1 is 0.774 bits per heavy atom. The number of carbonyl (C=O) groups is 1. The molecule has 2 aromatic rings. The molecule has 0 spiro atoms. The number of anilines is 2. The molecular formula is C23H31N5O3. The fourth-order valence-corrected chi connectivity index (χ4v) is 4.32. The normalized spacial score (nSPS) is 17.3.